The molecule has 0 bridgehead atoms. The van der Waals surface area contributed by atoms with Crippen molar-refractivity contribution in [2.24, 2.45) is 11.1 Å². The Kier molecular flexibility index (Phi) is 4.27. The van der Waals surface area contributed by atoms with Crippen LogP contribution in [0.25, 0.3) is 0 Å². The summed E-state index contributed by atoms with van der Waals surface area (Å²) < 4.78 is 18.1. The van der Waals surface area contributed by atoms with Gasteiger partial charge in [-0.1, -0.05) is 6.07 Å². The van der Waals surface area contributed by atoms with Crippen LogP contribution in [0.2, 0.25) is 0 Å². The summed E-state index contributed by atoms with van der Waals surface area (Å²) in [6.07, 6.45) is 0. The molecular weight excluding hydrogens is 289 g/mol. The van der Waals surface area contributed by atoms with Crippen LogP contribution in [0.5, 0.6) is 0 Å². The minimum Gasteiger partial charge on any atom is -0.469 e. The molecule has 0 aliphatic rings. The highest BCUT2D eigenvalue weighted by Gasteiger charge is 2.36. The largest absolute Gasteiger partial charge is 0.469 e. The summed E-state index contributed by atoms with van der Waals surface area (Å²) in [6.45, 7) is 3.39. The molecule has 5 heteroatoms. The second-order valence-electron chi connectivity index (χ2n) is 4.36. The number of carbonyl (C=O) groups excluding carboxylic acids is 1. The summed E-state index contributed by atoms with van der Waals surface area (Å²) >= 11 is 3.09. The normalized spacial score (nSPS) is 13.3. The molecule has 0 aromatic heterocycles. The average Bonchev–Trinajstić information content (AvgIpc) is 2.30. The molecule has 1 atom stereocenters. The summed E-state index contributed by atoms with van der Waals surface area (Å²) in [5.74, 6) is -0.762. The van der Waals surface area contributed by atoms with Crippen molar-refractivity contribution in [3.8, 4) is 0 Å². The zero-order valence-corrected chi connectivity index (χ0v) is 11.5. The van der Waals surface area contributed by atoms with Gasteiger partial charge in [-0.25, -0.2) is 4.39 Å². The van der Waals surface area contributed by atoms with Gasteiger partial charge in [0.1, 0.15) is 5.82 Å². The van der Waals surface area contributed by atoms with Crippen LogP contribution in [0.15, 0.2) is 22.7 Å². The Morgan fingerprint density at radius 3 is 2.59 bits per heavy atom. The van der Waals surface area contributed by atoms with Gasteiger partial charge >= 0.3 is 5.97 Å². The molecule has 3 nitrogen and oxygen atoms in total. The Bertz CT molecular complexity index is 435. The van der Waals surface area contributed by atoms with Crippen molar-refractivity contribution >= 4 is 21.9 Å². The highest BCUT2D eigenvalue weighted by molar-refractivity contribution is 9.10. The van der Waals surface area contributed by atoms with E-state index < -0.39 is 17.4 Å². The smallest absolute Gasteiger partial charge is 0.313 e. The van der Waals surface area contributed by atoms with E-state index in [1.54, 1.807) is 26.0 Å². The lowest BCUT2D eigenvalue weighted by Gasteiger charge is -2.29. The van der Waals surface area contributed by atoms with Gasteiger partial charge in [-0.2, -0.15) is 0 Å². The van der Waals surface area contributed by atoms with Gasteiger partial charge in [0.15, 0.2) is 0 Å². The molecule has 2 N–H and O–H groups in total. The number of hydrogen-bond donors (Lipinski definition) is 1. The van der Waals surface area contributed by atoms with E-state index in [0.29, 0.717) is 10.0 Å². The zero-order chi connectivity index (χ0) is 13.2. The van der Waals surface area contributed by atoms with Crippen LogP contribution in [0.3, 0.4) is 0 Å². The molecule has 1 rings (SSSR count). The molecule has 0 radical (unpaired) electrons. The minimum atomic E-state index is -0.869. The van der Waals surface area contributed by atoms with Crippen LogP contribution in [-0.2, 0) is 9.53 Å². The lowest BCUT2D eigenvalue weighted by molar-refractivity contribution is -0.152. The maximum Gasteiger partial charge on any atom is 0.313 e. The summed E-state index contributed by atoms with van der Waals surface area (Å²) in [6, 6.07) is 3.89. The first-order valence-corrected chi connectivity index (χ1v) is 5.89. The third kappa shape index (κ3) is 2.84. The summed E-state index contributed by atoms with van der Waals surface area (Å²) in [4.78, 5) is 11.6. The van der Waals surface area contributed by atoms with Crippen molar-refractivity contribution in [1.82, 2.24) is 0 Å². The van der Waals surface area contributed by atoms with Crippen LogP contribution >= 0.6 is 15.9 Å². The molecule has 0 fully saturated rings. The Morgan fingerprint density at radius 1 is 1.53 bits per heavy atom. The molecule has 0 saturated carbocycles. The SMILES string of the molecule is COC(=O)C(C)(C)[C@@H](N)c1ccc(F)c(Br)c1. The Morgan fingerprint density at radius 2 is 2.12 bits per heavy atom. The van der Waals surface area contributed by atoms with Crippen molar-refractivity contribution in [1.29, 1.82) is 0 Å². The van der Waals surface area contributed by atoms with E-state index in [4.69, 9.17) is 10.5 Å². The van der Waals surface area contributed by atoms with Gasteiger partial charge in [0, 0.05) is 6.04 Å². The lowest BCUT2D eigenvalue weighted by Crippen LogP contribution is -2.37. The van der Waals surface area contributed by atoms with E-state index in [-0.39, 0.29) is 5.82 Å². The first kappa shape index (κ1) is 14.1. The second kappa shape index (κ2) is 5.14. The van der Waals surface area contributed by atoms with E-state index in [1.807, 2.05) is 0 Å². The summed E-state index contributed by atoms with van der Waals surface area (Å²) in [5.41, 5.74) is 5.83. The monoisotopic (exact) mass is 303 g/mol. The third-order valence-electron chi connectivity index (χ3n) is 2.79. The molecule has 0 amide bonds. The molecule has 1 aromatic rings. The minimum absolute atomic E-state index is 0.325. The molecule has 0 heterocycles. The molecule has 1 aromatic carbocycles. The van der Waals surface area contributed by atoms with Crippen LogP contribution < -0.4 is 5.73 Å². The van der Waals surface area contributed by atoms with Gasteiger partial charge in [-0.05, 0) is 47.5 Å². The van der Waals surface area contributed by atoms with Gasteiger partial charge in [-0.15, -0.1) is 0 Å². The number of benzene rings is 1. The average molecular weight is 304 g/mol. The quantitative estimate of drug-likeness (QED) is 0.874. The molecule has 0 aliphatic carbocycles. The van der Waals surface area contributed by atoms with Gasteiger partial charge in [-0.3, -0.25) is 4.79 Å². The number of ether oxygens (including phenoxy) is 1. The molecule has 94 valence electrons. The van der Waals surface area contributed by atoms with Gasteiger partial charge in [0.2, 0.25) is 0 Å². The van der Waals surface area contributed by atoms with Crippen molar-refractivity contribution in [2.45, 2.75) is 19.9 Å². The second-order valence-corrected chi connectivity index (χ2v) is 5.22. The van der Waals surface area contributed by atoms with Crippen molar-refractivity contribution in [2.75, 3.05) is 7.11 Å². The summed E-state index contributed by atoms with van der Waals surface area (Å²) in [7, 11) is 1.32. The Labute approximate surface area is 108 Å². The van der Waals surface area contributed by atoms with Crippen LogP contribution in [-0.4, -0.2) is 13.1 Å². The van der Waals surface area contributed by atoms with Crippen molar-refractivity contribution < 1.29 is 13.9 Å². The maximum absolute atomic E-state index is 13.1. The van der Waals surface area contributed by atoms with Crippen LogP contribution in [0.4, 0.5) is 4.39 Å². The number of methoxy groups -OCH3 is 1. The highest BCUT2D eigenvalue weighted by Crippen LogP contribution is 2.33. The predicted octanol–water partition coefficient (Wildman–Crippen LogP) is 2.79. The number of esters is 1. The van der Waals surface area contributed by atoms with Crippen molar-refractivity contribution in [3.05, 3.63) is 34.1 Å². The Balaban J connectivity index is 3.07. The van der Waals surface area contributed by atoms with Gasteiger partial charge < -0.3 is 10.5 Å². The first-order chi connectivity index (χ1) is 7.80. The number of halogens is 2. The molecule has 0 unspecified atom stereocenters. The fraction of sp³-hybridized carbons (Fsp3) is 0.417. The van der Waals surface area contributed by atoms with E-state index in [9.17, 15) is 9.18 Å². The van der Waals surface area contributed by atoms with E-state index in [1.165, 1.54) is 13.2 Å². The number of hydrogen-bond acceptors (Lipinski definition) is 3. The van der Waals surface area contributed by atoms with Gasteiger partial charge in [0.25, 0.3) is 0 Å². The molecule has 0 spiro atoms. The van der Waals surface area contributed by atoms with E-state index in [2.05, 4.69) is 15.9 Å². The maximum atomic E-state index is 13.1. The Hall–Kier alpha value is -0.940. The first-order valence-electron chi connectivity index (χ1n) is 5.09. The standard InChI is InChI=1S/C12H15BrFNO2/c1-12(2,11(16)17-3)10(15)7-4-5-9(14)8(13)6-7/h4-6,10H,15H2,1-3H3/t10-/m0/s1. The molecular formula is C12H15BrFNO2. The zero-order valence-electron chi connectivity index (χ0n) is 9.96. The van der Waals surface area contributed by atoms with Gasteiger partial charge in [0.05, 0.1) is 17.0 Å². The molecule has 17 heavy (non-hydrogen) atoms. The lowest BCUT2D eigenvalue weighted by atomic mass is 9.81. The fourth-order valence-corrected chi connectivity index (χ4v) is 1.91. The van der Waals surface area contributed by atoms with Crippen LogP contribution in [0.1, 0.15) is 25.5 Å². The number of rotatable bonds is 3. The number of carbonyl (C=O) groups is 1. The third-order valence-corrected chi connectivity index (χ3v) is 3.40. The summed E-state index contributed by atoms with van der Waals surface area (Å²) in [5, 5.41) is 0. The highest BCUT2D eigenvalue weighted by atomic mass is 79.9. The topological polar surface area (TPSA) is 52.3 Å². The number of nitrogens with two attached hydrogens (primary N) is 1. The van der Waals surface area contributed by atoms with E-state index >= 15 is 0 Å². The van der Waals surface area contributed by atoms with E-state index in [0.717, 1.165) is 0 Å². The van der Waals surface area contributed by atoms with Crippen molar-refractivity contribution in [3.63, 3.8) is 0 Å². The molecule has 0 saturated heterocycles. The fourth-order valence-electron chi connectivity index (χ4n) is 1.51. The predicted molar refractivity (Wildman–Crippen MR) is 66.8 cm³/mol. The van der Waals surface area contributed by atoms with Crippen LogP contribution in [0, 0.1) is 11.2 Å². The molecule has 0 aliphatic heterocycles.